The summed E-state index contributed by atoms with van der Waals surface area (Å²) in [6, 6.07) is 15.8. The number of benzene rings is 2. The molecule has 5 aromatic rings. The van der Waals surface area contributed by atoms with Gasteiger partial charge in [0.2, 0.25) is 5.91 Å². The van der Waals surface area contributed by atoms with E-state index in [2.05, 4.69) is 20.6 Å². The molecule has 32 heavy (non-hydrogen) atoms. The fraction of sp³-hybridized carbons (Fsp3) is 0.0909. The van der Waals surface area contributed by atoms with Crippen LogP contribution >= 0.6 is 23.5 Å². The van der Waals surface area contributed by atoms with Crippen LogP contribution in [-0.4, -0.2) is 42.1 Å². The van der Waals surface area contributed by atoms with Gasteiger partial charge in [-0.1, -0.05) is 17.8 Å². The first-order valence-corrected chi connectivity index (χ1v) is 11.9. The molecule has 2 aromatic carbocycles. The minimum absolute atomic E-state index is 0.117. The Bertz CT molecular complexity index is 1430. The summed E-state index contributed by atoms with van der Waals surface area (Å²) in [6.45, 7) is 0. The van der Waals surface area contributed by atoms with Gasteiger partial charge in [-0.3, -0.25) is 9.20 Å². The number of amides is 1. The molecular weight excluding hydrogens is 447 g/mol. The zero-order chi connectivity index (χ0) is 22.1. The predicted molar refractivity (Wildman–Crippen MR) is 125 cm³/mol. The van der Waals surface area contributed by atoms with Crippen LogP contribution in [0, 0.1) is 5.82 Å². The third-order valence-corrected chi connectivity index (χ3v) is 6.48. The van der Waals surface area contributed by atoms with E-state index in [1.807, 2.05) is 47.2 Å². The Hall–Kier alpha value is -3.37. The maximum absolute atomic E-state index is 13.2. The lowest BCUT2D eigenvalue weighted by atomic mass is 10.1. The highest BCUT2D eigenvalue weighted by molar-refractivity contribution is 7.99. The molecule has 7 nitrogen and oxygen atoms in total. The van der Waals surface area contributed by atoms with E-state index in [1.165, 1.54) is 23.9 Å². The van der Waals surface area contributed by atoms with Crippen LogP contribution in [0.2, 0.25) is 0 Å². The quantitative estimate of drug-likeness (QED) is 0.369. The number of rotatable bonds is 6. The SMILES string of the molecule is CSc1cccc(NC(=O)CSc2nnc3c4cc(-c5ccc(F)cc5)nn4ccn23)c1. The zero-order valence-electron chi connectivity index (χ0n) is 16.9. The molecule has 0 aliphatic carbocycles. The second-order valence-corrected chi connectivity index (χ2v) is 8.73. The van der Waals surface area contributed by atoms with Gasteiger partial charge in [0.25, 0.3) is 0 Å². The summed E-state index contributed by atoms with van der Waals surface area (Å²) in [5.41, 5.74) is 3.68. The molecule has 0 atom stereocenters. The van der Waals surface area contributed by atoms with Crippen molar-refractivity contribution in [1.29, 1.82) is 0 Å². The molecule has 0 bridgehead atoms. The van der Waals surface area contributed by atoms with Gasteiger partial charge in [0.1, 0.15) is 11.3 Å². The van der Waals surface area contributed by atoms with Crippen LogP contribution in [0.4, 0.5) is 10.1 Å². The van der Waals surface area contributed by atoms with E-state index in [0.29, 0.717) is 16.5 Å². The molecule has 3 heterocycles. The third-order valence-electron chi connectivity index (χ3n) is 4.81. The first-order valence-electron chi connectivity index (χ1n) is 9.66. The number of anilines is 1. The first-order chi connectivity index (χ1) is 15.6. The predicted octanol–water partition coefficient (Wildman–Crippen LogP) is 4.64. The summed E-state index contributed by atoms with van der Waals surface area (Å²) < 4.78 is 16.8. The van der Waals surface area contributed by atoms with Crippen LogP contribution in [0.1, 0.15) is 0 Å². The molecule has 0 fully saturated rings. The van der Waals surface area contributed by atoms with Crippen LogP contribution in [0.15, 0.2) is 77.0 Å². The van der Waals surface area contributed by atoms with Crippen molar-refractivity contribution < 1.29 is 9.18 Å². The number of nitrogens with one attached hydrogen (secondary N) is 1. The van der Waals surface area contributed by atoms with Crippen LogP contribution < -0.4 is 5.32 Å². The summed E-state index contributed by atoms with van der Waals surface area (Å²) in [5, 5.41) is 16.6. The van der Waals surface area contributed by atoms with Gasteiger partial charge in [0.15, 0.2) is 10.8 Å². The summed E-state index contributed by atoms with van der Waals surface area (Å²) in [4.78, 5) is 13.5. The summed E-state index contributed by atoms with van der Waals surface area (Å²) >= 11 is 2.93. The molecule has 0 saturated carbocycles. The molecule has 0 saturated heterocycles. The monoisotopic (exact) mass is 464 g/mol. The number of fused-ring (bicyclic) bond motifs is 3. The number of halogens is 1. The molecule has 1 N–H and O–H groups in total. The number of carbonyl (C=O) groups excluding carboxylic acids is 1. The molecule has 1 amide bonds. The Morgan fingerprint density at radius 3 is 2.75 bits per heavy atom. The molecule has 0 radical (unpaired) electrons. The van der Waals surface area contributed by atoms with Crippen LogP contribution in [0.3, 0.4) is 0 Å². The lowest BCUT2D eigenvalue weighted by molar-refractivity contribution is -0.113. The summed E-state index contributed by atoms with van der Waals surface area (Å²) in [5.74, 6) is -0.204. The van der Waals surface area contributed by atoms with Crippen molar-refractivity contribution in [2.24, 2.45) is 0 Å². The molecule has 0 unspecified atom stereocenters. The molecular formula is C22H17FN6OS2. The summed E-state index contributed by atoms with van der Waals surface area (Å²) in [6.07, 6.45) is 5.61. The van der Waals surface area contributed by atoms with E-state index in [-0.39, 0.29) is 17.5 Å². The largest absolute Gasteiger partial charge is 0.325 e. The molecule has 0 spiro atoms. The molecule has 5 rings (SSSR count). The lowest BCUT2D eigenvalue weighted by Gasteiger charge is -2.06. The topological polar surface area (TPSA) is 76.6 Å². The van der Waals surface area contributed by atoms with Crippen LogP contribution in [0.25, 0.3) is 22.4 Å². The minimum Gasteiger partial charge on any atom is -0.325 e. The van der Waals surface area contributed by atoms with Gasteiger partial charge in [-0.05, 0) is 54.8 Å². The van der Waals surface area contributed by atoms with E-state index in [9.17, 15) is 9.18 Å². The Labute approximate surface area is 191 Å². The molecule has 0 aliphatic rings. The van der Waals surface area contributed by atoms with E-state index < -0.39 is 0 Å². The van der Waals surface area contributed by atoms with E-state index in [4.69, 9.17) is 0 Å². The van der Waals surface area contributed by atoms with Gasteiger partial charge >= 0.3 is 0 Å². The Morgan fingerprint density at radius 1 is 1.09 bits per heavy atom. The van der Waals surface area contributed by atoms with Crippen molar-refractivity contribution in [2.45, 2.75) is 10.1 Å². The standard InChI is InChI=1S/C22H17FN6OS2/c1-31-17-4-2-3-16(11-17)24-20(30)13-32-22-26-25-21-19-12-18(14-5-7-15(23)8-6-14)27-29(19)10-9-28(21)22/h2-12H,13H2,1H3,(H,24,30). The summed E-state index contributed by atoms with van der Waals surface area (Å²) in [7, 11) is 0. The lowest BCUT2D eigenvalue weighted by Crippen LogP contribution is -2.14. The Balaban J connectivity index is 1.35. The average molecular weight is 465 g/mol. The number of thioether (sulfide) groups is 2. The maximum atomic E-state index is 13.2. The molecule has 160 valence electrons. The van der Waals surface area contributed by atoms with Gasteiger partial charge < -0.3 is 5.32 Å². The highest BCUT2D eigenvalue weighted by atomic mass is 32.2. The Morgan fingerprint density at radius 2 is 1.94 bits per heavy atom. The van der Waals surface area contributed by atoms with Gasteiger partial charge in [-0.25, -0.2) is 8.91 Å². The molecule has 0 aliphatic heterocycles. The van der Waals surface area contributed by atoms with Crippen molar-refractivity contribution in [3.63, 3.8) is 0 Å². The fourth-order valence-electron chi connectivity index (χ4n) is 3.28. The normalized spacial score (nSPS) is 11.3. The van der Waals surface area contributed by atoms with Crippen LogP contribution in [-0.2, 0) is 4.79 Å². The van der Waals surface area contributed by atoms with E-state index in [0.717, 1.165) is 21.7 Å². The smallest absolute Gasteiger partial charge is 0.234 e. The van der Waals surface area contributed by atoms with E-state index >= 15 is 0 Å². The van der Waals surface area contributed by atoms with Crippen molar-refractivity contribution in [3.8, 4) is 11.3 Å². The van der Waals surface area contributed by atoms with Crippen molar-refractivity contribution in [2.75, 3.05) is 17.3 Å². The van der Waals surface area contributed by atoms with Crippen molar-refractivity contribution >= 4 is 46.3 Å². The number of hydrogen-bond donors (Lipinski definition) is 1. The number of carbonyl (C=O) groups is 1. The van der Waals surface area contributed by atoms with Gasteiger partial charge in [-0.15, -0.1) is 22.0 Å². The highest BCUT2D eigenvalue weighted by Gasteiger charge is 2.14. The number of hydrogen-bond acceptors (Lipinski definition) is 6. The minimum atomic E-state index is -0.292. The third kappa shape index (κ3) is 4.06. The maximum Gasteiger partial charge on any atom is 0.234 e. The Kier molecular flexibility index (Phi) is 5.54. The number of aromatic nitrogens is 5. The zero-order valence-corrected chi connectivity index (χ0v) is 18.5. The van der Waals surface area contributed by atoms with Crippen LogP contribution in [0.5, 0.6) is 0 Å². The highest BCUT2D eigenvalue weighted by Crippen LogP contribution is 2.25. The van der Waals surface area contributed by atoms with Crippen molar-refractivity contribution in [3.05, 3.63) is 72.8 Å². The fourth-order valence-corrected chi connectivity index (χ4v) is 4.46. The first kappa shape index (κ1) is 20.5. The number of nitrogens with zero attached hydrogens (tertiary/aromatic N) is 5. The molecule has 10 heteroatoms. The molecule has 3 aromatic heterocycles. The van der Waals surface area contributed by atoms with Gasteiger partial charge in [0.05, 0.1) is 11.4 Å². The van der Waals surface area contributed by atoms with Gasteiger partial charge in [-0.2, -0.15) is 5.10 Å². The van der Waals surface area contributed by atoms with Crippen molar-refractivity contribution in [1.82, 2.24) is 24.2 Å². The van der Waals surface area contributed by atoms with Gasteiger partial charge in [0, 0.05) is 28.5 Å². The van der Waals surface area contributed by atoms with E-state index in [1.54, 1.807) is 34.6 Å². The average Bonchev–Trinajstić information content (AvgIpc) is 3.42. The second kappa shape index (κ2) is 8.64. The second-order valence-electron chi connectivity index (χ2n) is 6.91.